The first-order valence-corrected chi connectivity index (χ1v) is 8.35. The summed E-state index contributed by atoms with van der Waals surface area (Å²) in [5.41, 5.74) is -0.689. The lowest BCUT2D eigenvalue weighted by Gasteiger charge is -2.35. The van der Waals surface area contributed by atoms with E-state index in [0.29, 0.717) is 6.07 Å². The van der Waals surface area contributed by atoms with Crippen LogP contribution in [0.2, 0.25) is 0 Å². The van der Waals surface area contributed by atoms with Gasteiger partial charge in [0.1, 0.15) is 0 Å². The summed E-state index contributed by atoms with van der Waals surface area (Å²) in [5, 5.41) is 9.21. The van der Waals surface area contributed by atoms with E-state index in [1.165, 1.54) is 28.0 Å². The molecule has 0 aromatic heterocycles. The van der Waals surface area contributed by atoms with E-state index in [0.717, 1.165) is 6.07 Å². The highest BCUT2D eigenvalue weighted by atomic mass is 19.2. The summed E-state index contributed by atoms with van der Waals surface area (Å²) in [4.78, 5) is 38.9. The molecule has 1 heterocycles. The van der Waals surface area contributed by atoms with Crippen LogP contribution >= 0.6 is 0 Å². The number of halogens is 3. The van der Waals surface area contributed by atoms with Crippen molar-refractivity contribution in [2.24, 2.45) is 0 Å². The lowest BCUT2D eigenvalue weighted by molar-refractivity contribution is 0.0528. The molecule has 2 amide bonds. The van der Waals surface area contributed by atoms with Crippen LogP contribution in [0.25, 0.3) is 0 Å². The summed E-state index contributed by atoms with van der Waals surface area (Å²) >= 11 is 0. The van der Waals surface area contributed by atoms with Crippen molar-refractivity contribution >= 4 is 17.8 Å². The number of rotatable bonds is 3. The van der Waals surface area contributed by atoms with E-state index in [1.54, 1.807) is 6.07 Å². The number of hydrogen-bond donors (Lipinski definition) is 1. The van der Waals surface area contributed by atoms with Gasteiger partial charge in [-0.2, -0.15) is 0 Å². The number of carboxylic acid groups (broad SMARTS) is 1. The number of carbonyl (C=O) groups excluding carboxylic acids is 2. The van der Waals surface area contributed by atoms with Crippen molar-refractivity contribution in [3.63, 3.8) is 0 Å². The highest BCUT2D eigenvalue weighted by molar-refractivity contribution is 6.04. The van der Waals surface area contributed by atoms with E-state index in [1.807, 2.05) is 0 Å². The molecular formula is C19H15F3N2O4. The zero-order valence-corrected chi connectivity index (χ0v) is 14.5. The third-order valence-electron chi connectivity index (χ3n) is 4.51. The highest BCUT2D eigenvalue weighted by Gasteiger charge is 2.29. The second kappa shape index (κ2) is 7.71. The smallest absolute Gasteiger partial charge is 0.336 e. The van der Waals surface area contributed by atoms with Gasteiger partial charge in [0, 0.05) is 26.2 Å². The van der Waals surface area contributed by atoms with Gasteiger partial charge in [-0.3, -0.25) is 9.59 Å². The third kappa shape index (κ3) is 3.55. The van der Waals surface area contributed by atoms with Gasteiger partial charge < -0.3 is 14.9 Å². The maximum atomic E-state index is 13.8. The number of benzene rings is 2. The molecule has 0 radical (unpaired) electrons. The van der Waals surface area contributed by atoms with E-state index in [2.05, 4.69) is 0 Å². The van der Waals surface area contributed by atoms with Crippen LogP contribution in [0.3, 0.4) is 0 Å². The molecule has 1 aliphatic rings. The van der Waals surface area contributed by atoms with Crippen LogP contribution in [0.5, 0.6) is 0 Å². The molecule has 0 aliphatic carbocycles. The Labute approximate surface area is 157 Å². The number of nitrogens with zero attached hydrogens (tertiary/aromatic N) is 2. The van der Waals surface area contributed by atoms with Gasteiger partial charge in [-0.05, 0) is 24.3 Å². The maximum absolute atomic E-state index is 13.8. The summed E-state index contributed by atoms with van der Waals surface area (Å²) in [6.07, 6.45) is 0. The average molecular weight is 392 g/mol. The normalized spacial score (nSPS) is 14.1. The standard InChI is InChI=1S/C19H15F3N2O4/c20-14-6-5-13(15(21)16(14)22)18(26)24-9-7-23(8-10-24)17(25)11-3-1-2-4-12(11)19(27)28/h1-6H,7-10H2,(H,27,28). The van der Waals surface area contributed by atoms with Crippen molar-refractivity contribution in [3.8, 4) is 0 Å². The van der Waals surface area contributed by atoms with Gasteiger partial charge in [0.2, 0.25) is 0 Å². The SMILES string of the molecule is O=C(O)c1ccccc1C(=O)N1CCN(C(=O)c2ccc(F)c(F)c2F)CC1. The number of aromatic carboxylic acids is 1. The number of piperazine rings is 1. The van der Waals surface area contributed by atoms with E-state index >= 15 is 0 Å². The molecule has 28 heavy (non-hydrogen) atoms. The Bertz CT molecular complexity index is 956. The number of carbonyl (C=O) groups is 3. The summed E-state index contributed by atoms with van der Waals surface area (Å²) in [5.74, 6) is -7.20. The topological polar surface area (TPSA) is 77.9 Å². The first-order valence-electron chi connectivity index (χ1n) is 8.35. The van der Waals surface area contributed by atoms with E-state index < -0.39 is 40.8 Å². The molecular weight excluding hydrogens is 377 g/mol. The summed E-state index contributed by atoms with van der Waals surface area (Å²) in [7, 11) is 0. The predicted molar refractivity (Wildman–Crippen MR) is 91.5 cm³/mol. The first-order chi connectivity index (χ1) is 13.3. The maximum Gasteiger partial charge on any atom is 0.336 e. The molecule has 1 saturated heterocycles. The zero-order chi connectivity index (χ0) is 20.4. The van der Waals surface area contributed by atoms with Crippen molar-refractivity contribution in [1.29, 1.82) is 0 Å². The largest absolute Gasteiger partial charge is 0.478 e. The van der Waals surface area contributed by atoms with Crippen molar-refractivity contribution < 1.29 is 32.7 Å². The van der Waals surface area contributed by atoms with Crippen LogP contribution < -0.4 is 0 Å². The molecule has 0 unspecified atom stereocenters. The van der Waals surface area contributed by atoms with Crippen LogP contribution in [-0.2, 0) is 0 Å². The van der Waals surface area contributed by atoms with Gasteiger partial charge in [-0.25, -0.2) is 18.0 Å². The second-order valence-electron chi connectivity index (χ2n) is 6.16. The number of hydrogen-bond acceptors (Lipinski definition) is 3. The molecule has 3 rings (SSSR count). The summed E-state index contributed by atoms with van der Waals surface area (Å²) in [6.45, 7) is 0.254. The van der Waals surface area contributed by atoms with Gasteiger partial charge in [-0.1, -0.05) is 12.1 Å². The molecule has 146 valence electrons. The Morgan fingerprint density at radius 3 is 1.75 bits per heavy atom. The van der Waals surface area contributed by atoms with E-state index in [4.69, 9.17) is 0 Å². The lowest BCUT2D eigenvalue weighted by Crippen LogP contribution is -2.51. The molecule has 6 nitrogen and oxygen atoms in total. The van der Waals surface area contributed by atoms with Crippen molar-refractivity contribution in [3.05, 3.63) is 70.5 Å². The first kappa shape index (κ1) is 19.4. The monoisotopic (exact) mass is 392 g/mol. The molecule has 1 fully saturated rings. The highest BCUT2D eigenvalue weighted by Crippen LogP contribution is 2.19. The summed E-state index contributed by atoms with van der Waals surface area (Å²) < 4.78 is 40.2. The van der Waals surface area contributed by atoms with Crippen LogP contribution in [-0.4, -0.2) is 58.9 Å². The average Bonchev–Trinajstić information content (AvgIpc) is 2.71. The van der Waals surface area contributed by atoms with Gasteiger partial charge in [0.15, 0.2) is 17.5 Å². The third-order valence-corrected chi connectivity index (χ3v) is 4.51. The minimum atomic E-state index is -1.72. The molecule has 0 atom stereocenters. The Morgan fingerprint density at radius 2 is 1.21 bits per heavy atom. The Morgan fingerprint density at radius 1 is 0.714 bits per heavy atom. The molecule has 1 aliphatic heterocycles. The van der Waals surface area contributed by atoms with Gasteiger partial charge in [0.25, 0.3) is 11.8 Å². The molecule has 2 aromatic carbocycles. The van der Waals surface area contributed by atoms with Gasteiger partial charge in [0.05, 0.1) is 16.7 Å². The van der Waals surface area contributed by atoms with Crippen LogP contribution in [0.15, 0.2) is 36.4 Å². The Balaban J connectivity index is 1.71. The van der Waals surface area contributed by atoms with Gasteiger partial charge in [-0.15, -0.1) is 0 Å². The minimum absolute atomic E-state index is 0.0291. The molecule has 1 N–H and O–H groups in total. The van der Waals surface area contributed by atoms with Crippen molar-refractivity contribution in [1.82, 2.24) is 9.80 Å². The van der Waals surface area contributed by atoms with Crippen LogP contribution in [0, 0.1) is 17.5 Å². The fourth-order valence-corrected chi connectivity index (χ4v) is 3.00. The van der Waals surface area contributed by atoms with Crippen LogP contribution in [0.1, 0.15) is 31.1 Å². The molecule has 0 spiro atoms. The van der Waals surface area contributed by atoms with E-state index in [9.17, 15) is 32.7 Å². The van der Waals surface area contributed by atoms with E-state index in [-0.39, 0.29) is 37.3 Å². The Hall–Kier alpha value is -3.36. The second-order valence-corrected chi connectivity index (χ2v) is 6.16. The minimum Gasteiger partial charge on any atom is -0.478 e. The predicted octanol–water partition coefficient (Wildman–Crippen LogP) is 2.40. The zero-order valence-electron chi connectivity index (χ0n) is 14.5. The van der Waals surface area contributed by atoms with Crippen LogP contribution in [0.4, 0.5) is 13.2 Å². The quantitative estimate of drug-likeness (QED) is 0.814. The fourth-order valence-electron chi connectivity index (χ4n) is 3.00. The van der Waals surface area contributed by atoms with Crippen molar-refractivity contribution in [2.75, 3.05) is 26.2 Å². The molecule has 0 saturated carbocycles. The van der Waals surface area contributed by atoms with Gasteiger partial charge >= 0.3 is 5.97 Å². The Kier molecular flexibility index (Phi) is 5.34. The molecule has 9 heteroatoms. The summed E-state index contributed by atoms with van der Waals surface area (Å²) in [6, 6.07) is 7.32. The number of amides is 2. The van der Waals surface area contributed by atoms with Crippen molar-refractivity contribution in [2.45, 2.75) is 0 Å². The molecule has 0 bridgehead atoms. The lowest BCUT2D eigenvalue weighted by atomic mass is 10.1. The fraction of sp³-hybridized carbons (Fsp3) is 0.211. The molecule has 2 aromatic rings. The number of carboxylic acids is 1.